The van der Waals surface area contributed by atoms with Crippen LogP contribution in [0.4, 0.5) is 0 Å². The van der Waals surface area contributed by atoms with E-state index in [2.05, 4.69) is 17.5 Å². The van der Waals surface area contributed by atoms with E-state index in [1.165, 1.54) is 18.4 Å². The molecule has 1 saturated heterocycles. The summed E-state index contributed by atoms with van der Waals surface area (Å²) >= 11 is 0. The summed E-state index contributed by atoms with van der Waals surface area (Å²) in [5, 5.41) is 8.58. The van der Waals surface area contributed by atoms with Crippen LogP contribution in [0.15, 0.2) is 41.6 Å². The molecule has 174 valence electrons. The molecular formula is C26H32N4O3. The third-order valence-corrected chi connectivity index (χ3v) is 7.09. The number of carbonyl (C=O) groups excluding carboxylic acids is 2. The van der Waals surface area contributed by atoms with Crippen molar-refractivity contribution in [2.75, 3.05) is 33.4 Å². The number of nitrogens with zero attached hydrogens (tertiary/aromatic N) is 3. The van der Waals surface area contributed by atoms with Gasteiger partial charge in [0.1, 0.15) is 0 Å². The van der Waals surface area contributed by atoms with E-state index in [4.69, 9.17) is 9.84 Å². The number of aromatic nitrogens is 2. The van der Waals surface area contributed by atoms with E-state index in [1.807, 2.05) is 34.8 Å². The Morgan fingerprint density at radius 1 is 1.18 bits per heavy atom. The zero-order chi connectivity index (χ0) is 22.9. The highest BCUT2D eigenvalue weighted by Crippen LogP contribution is 2.40. The number of methoxy groups -OCH3 is 1. The van der Waals surface area contributed by atoms with Gasteiger partial charge in [0, 0.05) is 61.9 Å². The fraction of sp³-hybridized carbons (Fsp3) is 0.500. The van der Waals surface area contributed by atoms with E-state index in [1.54, 1.807) is 7.11 Å². The van der Waals surface area contributed by atoms with Gasteiger partial charge in [-0.3, -0.25) is 14.3 Å². The summed E-state index contributed by atoms with van der Waals surface area (Å²) in [6.07, 6.45) is 10.8. The van der Waals surface area contributed by atoms with Gasteiger partial charge in [-0.1, -0.05) is 17.7 Å². The number of amides is 2. The van der Waals surface area contributed by atoms with E-state index in [0.29, 0.717) is 24.6 Å². The van der Waals surface area contributed by atoms with Crippen molar-refractivity contribution >= 4 is 22.7 Å². The van der Waals surface area contributed by atoms with Crippen molar-refractivity contribution < 1.29 is 14.3 Å². The summed E-state index contributed by atoms with van der Waals surface area (Å²) in [6.45, 7) is 5.26. The third-order valence-electron chi connectivity index (χ3n) is 7.09. The first kappa shape index (κ1) is 21.9. The van der Waals surface area contributed by atoms with E-state index in [0.717, 1.165) is 60.4 Å². The Morgan fingerprint density at radius 2 is 2.00 bits per heavy atom. The van der Waals surface area contributed by atoms with Crippen molar-refractivity contribution in [2.45, 2.75) is 39.2 Å². The molecule has 7 nitrogen and oxygen atoms in total. The maximum Gasteiger partial charge on any atom is 0.251 e. The minimum Gasteiger partial charge on any atom is -0.383 e. The Labute approximate surface area is 194 Å². The lowest BCUT2D eigenvalue weighted by atomic mass is 9.92. The molecule has 1 saturated carbocycles. The first-order valence-corrected chi connectivity index (χ1v) is 12.0. The molecule has 0 unspecified atom stereocenters. The summed E-state index contributed by atoms with van der Waals surface area (Å²) in [7, 11) is 1.62. The van der Waals surface area contributed by atoms with Crippen molar-refractivity contribution in [3.63, 3.8) is 0 Å². The fourth-order valence-electron chi connectivity index (χ4n) is 4.93. The van der Waals surface area contributed by atoms with Crippen LogP contribution in [0.1, 0.15) is 41.6 Å². The second-order valence-corrected chi connectivity index (χ2v) is 9.55. The molecule has 1 N–H and O–H groups in total. The molecule has 33 heavy (non-hydrogen) atoms. The number of fused-ring (bicyclic) bond motifs is 1. The first-order valence-electron chi connectivity index (χ1n) is 12.0. The van der Waals surface area contributed by atoms with Crippen LogP contribution in [0.25, 0.3) is 10.9 Å². The molecule has 2 aliphatic carbocycles. The number of rotatable bonds is 8. The van der Waals surface area contributed by atoms with Crippen LogP contribution in [-0.2, 0) is 16.1 Å². The van der Waals surface area contributed by atoms with E-state index in [-0.39, 0.29) is 11.8 Å². The average molecular weight is 449 g/mol. The second kappa shape index (κ2) is 9.14. The van der Waals surface area contributed by atoms with Crippen LogP contribution >= 0.6 is 0 Å². The topological polar surface area (TPSA) is 76.5 Å². The van der Waals surface area contributed by atoms with Gasteiger partial charge in [-0.15, -0.1) is 0 Å². The van der Waals surface area contributed by atoms with E-state index >= 15 is 0 Å². The number of likely N-dealkylation sites (tertiary alicyclic amines) is 1. The number of ether oxygens (including phenoxy) is 1. The molecule has 0 spiro atoms. The summed E-state index contributed by atoms with van der Waals surface area (Å²) in [6, 6.07) is 3.74. The lowest BCUT2D eigenvalue weighted by Gasteiger charge is -2.40. The van der Waals surface area contributed by atoms with Crippen LogP contribution in [0, 0.1) is 18.8 Å². The predicted octanol–water partition coefficient (Wildman–Crippen LogP) is 3.24. The number of hydrogen-bond donors (Lipinski definition) is 1. The SMILES string of the molecule is COCCNC(=O)c1ccc2nn(CC3CN(C(=O)C4=CC=C(C5CC5)CC4)C3)cc2c1C. The molecule has 2 aromatic rings. The standard InChI is InChI=1S/C26H32N4O3/c1-17-22(25(31)27-11-12-33-2)9-10-24-23(17)16-30(28-24)15-18-13-29(14-18)26(32)21-7-5-20(6-8-21)19-3-4-19/h5,7,9-10,16,18-19H,3-4,6,8,11-15H2,1-2H3,(H,27,31). The van der Waals surface area contributed by atoms with Gasteiger partial charge < -0.3 is 15.0 Å². The molecule has 5 rings (SSSR count). The quantitative estimate of drug-likeness (QED) is 0.629. The van der Waals surface area contributed by atoms with Crippen molar-refractivity contribution in [1.29, 1.82) is 0 Å². The van der Waals surface area contributed by atoms with Crippen molar-refractivity contribution in [3.05, 3.63) is 52.8 Å². The highest BCUT2D eigenvalue weighted by Gasteiger charge is 2.34. The van der Waals surface area contributed by atoms with Gasteiger partial charge in [0.15, 0.2) is 0 Å². The third kappa shape index (κ3) is 4.60. The molecule has 2 fully saturated rings. The van der Waals surface area contributed by atoms with Gasteiger partial charge in [0.2, 0.25) is 5.91 Å². The number of nitrogens with one attached hydrogen (secondary N) is 1. The molecule has 2 amide bonds. The Bertz CT molecular complexity index is 1140. The van der Waals surface area contributed by atoms with Gasteiger partial charge in [0.05, 0.1) is 12.1 Å². The molecule has 3 aliphatic rings. The molecule has 0 radical (unpaired) electrons. The Kier molecular flexibility index (Phi) is 6.06. The van der Waals surface area contributed by atoms with Crippen molar-refractivity contribution in [1.82, 2.24) is 20.0 Å². The maximum absolute atomic E-state index is 12.8. The first-order chi connectivity index (χ1) is 16.0. The molecule has 1 aliphatic heterocycles. The monoisotopic (exact) mass is 448 g/mol. The van der Waals surface area contributed by atoms with E-state index in [9.17, 15) is 9.59 Å². The summed E-state index contributed by atoms with van der Waals surface area (Å²) in [4.78, 5) is 27.2. The number of hydrogen-bond acceptors (Lipinski definition) is 4. The molecule has 0 atom stereocenters. The highest BCUT2D eigenvalue weighted by molar-refractivity contribution is 6.00. The van der Waals surface area contributed by atoms with E-state index < -0.39 is 0 Å². The Balaban J connectivity index is 1.18. The van der Waals surface area contributed by atoms with Crippen molar-refractivity contribution in [2.24, 2.45) is 11.8 Å². The Hall–Kier alpha value is -2.93. The fourth-order valence-corrected chi connectivity index (χ4v) is 4.93. The number of aryl methyl sites for hydroxylation is 1. The minimum atomic E-state index is -0.0940. The molecule has 0 bridgehead atoms. The predicted molar refractivity (Wildman–Crippen MR) is 127 cm³/mol. The van der Waals surface area contributed by atoms with Crippen LogP contribution in [-0.4, -0.2) is 59.8 Å². The zero-order valence-corrected chi connectivity index (χ0v) is 19.5. The minimum absolute atomic E-state index is 0.0940. The average Bonchev–Trinajstić information content (AvgIpc) is 3.56. The van der Waals surface area contributed by atoms with Gasteiger partial charge in [-0.25, -0.2) is 0 Å². The molecule has 7 heteroatoms. The smallest absolute Gasteiger partial charge is 0.251 e. The Morgan fingerprint density at radius 3 is 2.70 bits per heavy atom. The van der Waals surface area contributed by atoms with Gasteiger partial charge in [0.25, 0.3) is 5.91 Å². The van der Waals surface area contributed by atoms with Crippen molar-refractivity contribution in [3.8, 4) is 0 Å². The lowest BCUT2D eigenvalue weighted by Crippen LogP contribution is -2.52. The number of benzene rings is 1. The number of carbonyl (C=O) groups is 2. The van der Waals surface area contributed by atoms with Gasteiger partial charge in [-0.2, -0.15) is 5.10 Å². The van der Waals surface area contributed by atoms with Gasteiger partial charge in [-0.05, 0) is 56.2 Å². The van der Waals surface area contributed by atoms with Crippen LogP contribution < -0.4 is 5.32 Å². The highest BCUT2D eigenvalue weighted by atomic mass is 16.5. The number of allylic oxidation sites excluding steroid dienone is 3. The zero-order valence-electron chi connectivity index (χ0n) is 19.5. The van der Waals surface area contributed by atoms with Crippen LogP contribution in [0.3, 0.4) is 0 Å². The van der Waals surface area contributed by atoms with Gasteiger partial charge >= 0.3 is 0 Å². The molecule has 2 heterocycles. The van der Waals surface area contributed by atoms with Crippen LogP contribution in [0.2, 0.25) is 0 Å². The summed E-state index contributed by atoms with van der Waals surface area (Å²) < 4.78 is 6.96. The molecule has 1 aromatic carbocycles. The summed E-state index contributed by atoms with van der Waals surface area (Å²) in [5.41, 5.74) is 4.97. The second-order valence-electron chi connectivity index (χ2n) is 9.55. The normalized spacial score (nSPS) is 18.7. The maximum atomic E-state index is 12.8. The van der Waals surface area contributed by atoms with Crippen LogP contribution in [0.5, 0.6) is 0 Å². The molecular weight excluding hydrogens is 416 g/mol. The summed E-state index contributed by atoms with van der Waals surface area (Å²) in [5.74, 6) is 1.30. The lowest BCUT2D eigenvalue weighted by molar-refractivity contribution is -0.133. The largest absolute Gasteiger partial charge is 0.383 e. The molecule has 1 aromatic heterocycles.